The molecule has 15 heteroatoms. The SMILES string of the molecule is CC(C)CN(c1ccc([C@H](C)CC(=O)NS(=O)(=O)N(C)C)cc1Nc1nc(C(F)(F)F)ns1)C1CCOCC1. The summed E-state index contributed by atoms with van der Waals surface area (Å²) >= 11 is 0.609. The number of anilines is 3. The zero-order valence-corrected chi connectivity index (χ0v) is 24.2. The van der Waals surface area contributed by atoms with Crippen molar-refractivity contribution in [1.29, 1.82) is 0 Å². The van der Waals surface area contributed by atoms with Crippen molar-refractivity contribution in [2.45, 2.75) is 58.2 Å². The van der Waals surface area contributed by atoms with Crippen molar-refractivity contribution in [1.82, 2.24) is 18.4 Å². The van der Waals surface area contributed by atoms with E-state index in [0.717, 1.165) is 22.8 Å². The number of nitrogens with zero attached hydrogens (tertiary/aromatic N) is 4. The number of carbonyl (C=O) groups is 1. The van der Waals surface area contributed by atoms with Crippen LogP contribution >= 0.6 is 11.5 Å². The Kier molecular flexibility index (Phi) is 10.2. The van der Waals surface area contributed by atoms with E-state index in [-0.39, 0.29) is 17.6 Å². The third-order valence-corrected chi connectivity index (χ3v) is 8.31. The van der Waals surface area contributed by atoms with Crippen molar-refractivity contribution in [3.05, 3.63) is 29.6 Å². The monoisotopic (exact) mass is 592 g/mol. The Hall–Kier alpha value is -2.49. The maximum absolute atomic E-state index is 13.1. The van der Waals surface area contributed by atoms with Crippen LogP contribution in [-0.2, 0) is 25.9 Å². The predicted molar refractivity (Wildman–Crippen MR) is 144 cm³/mol. The van der Waals surface area contributed by atoms with Crippen LogP contribution in [-0.4, -0.2) is 67.9 Å². The van der Waals surface area contributed by atoms with Crippen LogP contribution in [0.15, 0.2) is 18.2 Å². The lowest BCUT2D eigenvalue weighted by atomic mass is 9.95. The molecule has 0 aliphatic carbocycles. The van der Waals surface area contributed by atoms with E-state index in [9.17, 15) is 26.4 Å². The molecule has 1 atom stereocenters. The molecule has 3 rings (SSSR count). The highest BCUT2D eigenvalue weighted by Crippen LogP contribution is 2.37. The van der Waals surface area contributed by atoms with Gasteiger partial charge in [0, 0.05) is 57.8 Å². The molecule has 0 saturated carbocycles. The number of rotatable bonds is 11. The summed E-state index contributed by atoms with van der Waals surface area (Å²) in [5, 5.41) is 3.01. The topological polar surface area (TPSA) is 117 Å². The van der Waals surface area contributed by atoms with Gasteiger partial charge in [0.1, 0.15) is 0 Å². The highest BCUT2D eigenvalue weighted by molar-refractivity contribution is 7.87. The van der Waals surface area contributed by atoms with Crippen molar-refractivity contribution in [3.63, 3.8) is 0 Å². The molecule has 2 N–H and O–H groups in total. The Morgan fingerprint density at radius 2 is 1.87 bits per heavy atom. The van der Waals surface area contributed by atoms with E-state index in [2.05, 4.69) is 33.4 Å². The van der Waals surface area contributed by atoms with Crippen molar-refractivity contribution < 1.29 is 31.1 Å². The average molecular weight is 593 g/mol. The fourth-order valence-electron chi connectivity index (χ4n) is 4.22. The number of ether oxygens (including phenoxy) is 1. The van der Waals surface area contributed by atoms with Gasteiger partial charge >= 0.3 is 16.4 Å². The number of benzene rings is 1. The van der Waals surface area contributed by atoms with Gasteiger partial charge in [0.05, 0.1) is 11.4 Å². The van der Waals surface area contributed by atoms with Crippen LogP contribution in [0.1, 0.15) is 57.3 Å². The molecule has 218 valence electrons. The van der Waals surface area contributed by atoms with Crippen LogP contribution in [0.4, 0.5) is 29.7 Å². The molecule has 0 radical (unpaired) electrons. The lowest BCUT2D eigenvalue weighted by Crippen LogP contribution is -2.42. The maximum atomic E-state index is 13.1. The van der Waals surface area contributed by atoms with Gasteiger partial charge in [0.2, 0.25) is 16.9 Å². The minimum absolute atomic E-state index is 0.0142. The number of halogens is 3. The van der Waals surface area contributed by atoms with E-state index in [1.54, 1.807) is 13.0 Å². The maximum Gasteiger partial charge on any atom is 0.452 e. The van der Waals surface area contributed by atoms with Crippen molar-refractivity contribution >= 4 is 44.2 Å². The van der Waals surface area contributed by atoms with E-state index in [4.69, 9.17) is 4.74 Å². The number of hydrogen-bond donors (Lipinski definition) is 2. The van der Waals surface area contributed by atoms with Gasteiger partial charge < -0.3 is 15.0 Å². The van der Waals surface area contributed by atoms with Gasteiger partial charge in [-0.15, -0.1) is 0 Å². The molecule has 1 fully saturated rings. The van der Waals surface area contributed by atoms with Crippen LogP contribution < -0.4 is 14.9 Å². The normalized spacial score (nSPS) is 15.9. The van der Waals surface area contributed by atoms with Crippen molar-refractivity contribution in [2.24, 2.45) is 5.92 Å². The van der Waals surface area contributed by atoms with Gasteiger partial charge in [-0.25, -0.2) is 4.72 Å². The second-order valence-electron chi connectivity index (χ2n) is 10.1. The number of aromatic nitrogens is 2. The lowest BCUT2D eigenvalue weighted by Gasteiger charge is -2.38. The summed E-state index contributed by atoms with van der Waals surface area (Å²) in [6.45, 7) is 7.91. The summed E-state index contributed by atoms with van der Waals surface area (Å²) in [6, 6.07) is 5.68. The van der Waals surface area contributed by atoms with E-state index >= 15 is 0 Å². The Bertz CT molecular complexity index is 1230. The average Bonchev–Trinajstić information content (AvgIpc) is 3.32. The minimum Gasteiger partial charge on any atom is -0.381 e. The fourth-order valence-corrected chi connectivity index (χ4v) is 5.38. The Labute approximate surface area is 231 Å². The van der Waals surface area contributed by atoms with E-state index in [0.29, 0.717) is 48.5 Å². The Morgan fingerprint density at radius 3 is 2.44 bits per heavy atom. The molecule has 1 aromatic heterocycles. The molecule has 2 heterocycles. The van der Waals surface area contributed by atoms with Crippen LogP contribution in [0.2, 0.25) is 0 Å². The number of nitrogens with one attached hydrogen (secondary N) is 2. The summed E-state index contributed by atoms with van der Waals surface area (Å²) in [5.74, 6) is -1.97. The molecule has 2 aromatic rings. The van der Waals surface area contributed by atoms with Crippen LogP contribution in [0.3, 0.4) is 0 Å². The molecule has 39 heavy (non-hydrogen) atoms. The second-order valence-corrected chi connectivity index (χ2v) is 12.8. The largest absolute Gasteiger partial charge is 0.452 e. The number of amides is 1. The molecule has 1 amide bonds. The van der Waals surface area contributed by atoms with Crippen LogP contribution in [0, 0.1) is 5.92 Å². The first kappa shape index (κ1) is 31.0. The van der Waals surface area contributed by atoms with E-state index < -0.39 is 34.0 Å². The predicted octanol–water partition coefficient (Wildman–Crippen LogP) is 4.36. The fraction of sp³-hybridized carbons (Fsp3) is 0.625. The lowest BCUT2D eigenvalue weighted by molar-refractivity contribution is -0.144. The summed E-state index contributed by atoms with van der Waals surface area (Å²) in [4.78, 5) is 18.3. The number of alkyl halides is 3. The Morgan fingerprint density at radius 1 is 1.21 bits per heavy atom. The van der Waals surface area contributed by atoms with Gasteiger partial charge in [0.25, 0.3) is 0 Å². The zero-order chi connectivity index (χ0) is 29.0. The number of carbonyl (C=O) groups excluding carboxylic acids is 1. The van der Waals surface area contributed by atoms with Crippen LogP contribution in [0.25, 0.3) is 0 Å². The van der Waals surface area contributed by atoms with Crippen molar-refractivity contribution in [3.8, 4) is 0 Å². The summed E-state index contributed by atoms with van der Waals surface area (Å²) in [5.41, 5.74) is 2.02. The van der Waals surface area contributed by atoms with Crippen molar-refractivity contribution in [2.75, 3.05) is 44.1 Å². The smallest absolute Gasteiger partial charge is 0.381 e. The summed E-state index contributed by atoms with van der Waals surface area (Å²) < 4.78 is 75.4. The summed E-state index contributed by atoms with van der Waals surface area (Å²) in [6.07, 6.45) is -3.16. The molecule has 1 aliphatic heterocycles. The molecular formula is C24H35F3N6O4S2. The van der Waals surface area contributed by atoms with Gasteiger partial charge in [-0.2, -0.15) is 35.3 Å². The highest BCUT2D eigenvalue weighted by atomic mass is 32.2. The summed E-state index contributed by atoms with van der Waals surface area (Å²) in [7, 11) is -1.30. The van der Waals surface area contributed by atoms with Crippen LogP contribution in [0.5, 0.6) is 0 Å². The molecule has 1 aliphatic rings. The van der Waals surface area contributed by atoms with Gasteiger partial charge in [0.15, 0.2) is 0 Å². The highest BCUT2D eigenvalue weighted by Gasteiger charge is 2.36. The molecule has 10 nitrogen and oxygen atoms in total. The quantitative estimate of drug-likeness (QED) is 0.396. The third kappa shape index (κ3) is 8.50. The van der Waals surface area contributed by atoms with E-state index in [1.165, 1.54) is 14.1 Å². The molecule has 0 unspecified atom stereocenters. The third-order valence-electron chi connectivity index (χ3n) is 6.23. The first-order chi connectivity index (χ1) is 18.2. The molecule has 1 aromatic carbocycles. The van der Waals surface area contributed by atoms with Gasteiger partial charge in [-0.1, -0.05) is 26.8 Å². The standard InChI is InChI=1S/C24H35F3N6O4S2/c1-15(2)14-33(18-8-10-37-11-9-18)20-7-6-17(16(3)12-21(34)31-39(35,36)32(4)5)13-19(20)28-23-29-22(30-38-23)24(25,26)27/h6-7,13,15-16,18H,8-12,14H2,1-5H3,(H,31,34)(H,28,29,30)/t16-/m1/s1. The second kappa shape index (κ2) is 12.8. The van der Waals surface area contributed by atoms with Gasteiger partial charge in [-0.05, 0) is 42.4 Å². The first-order valence-corrected chi connectivity index (χ1v) is 14.8. The number of hydrogen-bond acceptors (Lipinski definition) is 9. The zero-order valence-electron chi connectivity index (χ0n) is 22.6. The Balaban J connectivity index is 1.96. The van der Waals surface area contributed by atoms with E-state index in [1.807, 2.05) is 16.9 Å². The molecule has 0 bridgehead atoms. The minimum atomic E-state index is -4.67. The molecule has 1 saturated heterocycles. The van der Waals surface area contributed by atoms with Gasteiger partial charge in [-0.3, -0.25) is 4.79 Å². The first-order valence-electron chi connectivity index (χ1n) is 12.6. The molecular weight excluding hydrogens is 557 g/mol. The molecule has 0 spiro atoms.